The van der Waals surface area contributed by atoms with Gasteiger partial charge in [0.25, 0.3) is 0 Å². The molecule has 0 saturated carbocycles. The molecule has 190 valence electrons. The van der Waals surface area contributed by atoms with Crippen molar-refractivity contribution < 1.29 is 19.2 Å². The molecule has 0 spiro atoms. The van der Waals surface area contributed by atoms with E-state index < -0.39 is 0 Å². The average Bonchev–Trinajstić information content (AvgIpc) is 3.29. The number of hydrogen-bond donors (Lipinski definition) is 0. The van der Waals surface area contributed by atoms with Gasteiger partial charge in [0, 0.05) is 0 Å². The first-order chi connectivity index (χ1) is 13.4. The number of unbranched alkanes of at least 4 members (excludes halogenated alkanes) is 2. The molecule has 0 radical (unpaired) electrons. The van der Waals surface area contributed by atoms with Gasteiger partial charge in [-0.15, -0.1) is 37.7 Å². The molecule has 4 heteroatoms. The Kier molecular flexibility index (Phi) is 36.9. The number of hydrogen-bond acceptors (Lipinski definition) is 0. The Bertz CT molecular complexity index is 498. The summed E-state index contributed by atoms with van der Waals surface area (Å²) >= 11 is 2.03. The molecular formula is C28H52Cl2SiTi-4. The van der Waals surface area contributed by atoms with Gasteiger partial charge in [0.2, 0.25) is 0 Å². The summed E-state index contributed by atoms with van der Waals surface area (Å²) in [7, 11) is 1.86. The van der Waals surface area contributed by atoms with Crippen molar-refractivity contribution in [2.45, 2.75) is 106 Å². The van der Waals surface area contributed by atoms with Crippen molar-refractivity contribution in [3.63, 3.8) is 0 Å². The van der Waals surface area contributed by atoms with Crippen LogP contribution in [0.3, 0.4) is 0 Å². The first-order valence-corrected chi connectivity index (χ1v) is 15.4. The van der Waals surface area contributed by atoms with Gasteiger partial charge in [-0.05, 0) is 24.7 Å². The zero-order valence-corrected chi connectivity index (χ0v) is 27.0. The Hall–Kier alpha value is 0.471. The van der Waals surface area contributed by atoms with Gasteiger partial charge in [0.1, 0.15) is 0 Å². The van der Waals surface area contributed by atoms with Crippen molar-refractivity contribution in [3.8, 4) is 0 Å². The quantitative estimate of drug-likeness (QED) is 0.193. The van der Waals surface area contributed by atoms with Gasteiger partial charge in [-0.1, -0.05) is 80.1 Å². The minimum atomic E-state index is 0. The summed E-state index contributed by atoms with van der Waals surface area (Å²) in [6, 6.07) is 0. The van der Waals surface area contributed by atoms with Crippen LogP contribution in [0, 0.1) is 38.8 Å². The van der Waals surface area contributed by atoms with E-state index in [2.05, 4.69) is 65.8 Å². The van der Waals surface area contributed by atoms with E-state index >= 15 is 0 Å². The van der Waals surface area contributed by atoms with Crippen molar-refractivity contribution in [1.82, 2.24) is 0 Å². The van der Waals surface area contributed by atoms with E-state index in [4.69, 9.17) is 0 Å². The fourth-order valence-electron chi connectivity index (χ4n) is 3.52. The molecule has 0 saturated heterocycles. The molecule has 0 aliphatic heterocycles. The summed E-state index contributed by atoms with van der Waals surface area (Å²) in [5.41, 5.74) is 6.08. The zero-order chi connectivity index (χ0) is 21.4. The predicted octanol–water partition coefficient (Wildman–Crippen LogP) is 9.39. The van der Waals surface area contributed by atoms with Crippen LogP contribution in [0.25, 0.3) is 0 Å². The first-order valence-electron chi connectivity index (χ1n) is 11.4. The number of halogens is 2. The molecule has 0 bridgehead atoms. The van der Waals surface area contributed by atoms with Crippen LogP contribution in [-0.2, 0) is 19.2 Å². The van der Waals surface area contributed by atoms with Crippen molar-refractivity contribution >= 4 is 32.4 Å². The van der Waals surface area contributed by atoms with Gasteiger partial charge in [-0.2, -0.15) is 11.1 Å². The van der Waals surface area contributed by atoms with E-state index in [1.165, 1.54) is 62.5 Å². The predicted molar refractivity (Wildman–Crippen MR) is 153 cm³/mol. The molecule has 32 heavy (non-hydrogen) atoms. The molecule has 2 aliphatic rings. The van der Waals surface area contributed by atoms with E-state index in [0.717, 1.165) is 24.7 Å². The molecule has 0 aromatic rings. The summed E-state index contributed by atoms with van der Waals surface area (Å²) in [4.78, 5) is 0. The fraction of sp³-hybridized carbons (Fsp3) is 0.643. The minimum absolute atomic E-state index is 0. The van der Waals surface area contributed by atoms with Crippen molar-refractivity contribution in [2.24, 2.45) is 11.8 Å². The molecule has 0 unspecified atom stereocenters. The molecule has 2 rings (SSSR count). The van der Waals surface area contributed by atoms with Gasteiger partial charge >= 0.3 is 26.8 Å². The monoisotopic (exact) mass is 534 g/mol. The van der Waals surface area contributed by atoms with Crippen LogP contribution in [0.4, 0.5) is 0 Å². The third-order valence-corrected chi connectivity index (χ3v) is 4.78. The molecule has 0 aromatic heterocycles. The second-order valence-corrected chi connectivity index (χ2v) is 8.77. The van der Waals surface area contributed by atoms with E-state index in [-0.39, 0.29) is 39.7 Å². The average molecular weight is 536 g/mol. The fourth-order valence-corrected chi connectivity index (χ4v) is 3.52. The van der Waals surface area contributed by atoms with Crippen LogP contribution < -0.4 is 0 Å². The SMILES string of the molecule is CCCCC1=[C-]CC(CC(C)C)=C1.CCCCC1=[C-]CC(CC(C)C)=C1.Cl.Cl.[CH3-].[CH3-].[SiH2]=[Ti]. The van der Waals surface area contributed by atoms with Crippen LogP contribution in [0.2, 0.25) is 0 Å². The van der Waals surface area contributed by atoms with E-state index in [0.29, 0.717) is 0 Å². The van der Waals surface area contributed by atoms with Gasteiger partial charge in [0.15, 0.2) is 0 Å². The third-order valence-electron chi connectivity index (χ3n) is 4.78. The van der Waals surface area contributed by atoms with E-state index in [1.54, 1.807) is 11.1 Å². The Morgan fingerprint density at radius 2 is 1.06 bits per heavy atom. The maximum atomic E-state index is 3.47. The van der Waals surface area contributed by atoms with Crippen molar-refractivity contribution in [2.75, 3.05) is 0 Å². The van der Waals surface area contributed by atoms with Gasteiger partial charge in [-0.3, -0.25) is 12.2 Å². The van der Waals surface area contributed by atoms with Gasteiger partial charge in [0.05, 0.1) is 0 Å². The number of rotatable bonds is 10. The van der Waals surface area contributed by atoms with Crippen LogP contribution >= 0.6 is 24.8 Å². The maximum absolute atomic E-state index is 3.47. The van der Waals surface area contributed by atoms with Crippen LogP contribution in [0.15, 0.2) is 34.4 Å². The van der Waals surface area contributed by atoms with Crippen LogP contribution in [0.5, 0.6) is 0 Å². The third kappa shape index (κ3) is 22.3. The molecule has 2 aliphatic carbocycles. The molecule has 0 N–H and O–H groups in total. The summed E-state index contributed by atoms with van der Waals surface area (Å²) in [6.07, 6.45) is 24.1. The topological polar surface area (TPSA) is 0 Å². The normalized spacial score (nSPS) is 13.3. The molecular weight excluding hydrogens is 483 g/mol. The second kappa shape index (κ2) is 27.7. The van der Waals surface area contributed by atoms with Gasteiger partial charge in [-0.25, -0.2) is 23.3 Å². The van der Waals surface area contributed by atoms with Crippen molar-refractivity contribution in [3.05, 3.63) is 61.4 Å². The summed E-state index contributed by atoms with van der Waals surface area (Å²) in [6.45, 7) is 13.6. The van der Waals surface area contributed by atoms with E-state index in [1.807, 2.05) is 26.8 Å². The summed E-state index contributed by atoms with van der Waals surface area (Å²) in [5.74, 6) is 1.58. The molecule has 0 atom stereocenters. The molecule has 0 nitrogen and oxygen atoms in total. The molecule has 0 aromatic carbocycles. The zero-order valence-electron chi connectivity index (χ0n) is 22.4. The Labute approximate surface area is 229 Å². The van der Waals surface area contributed by atoms with Gasteiger partial charge < -0.3 is 14.9 Å². The summed E-state index contributed by atoms with van der Waals surface area (Å²) < 4.78 is 0. The molecule has 0 fully saturated rings. The van der Waals surface area contributed by atoms with Crippen LogP contribution in [0.1, 0.15) is 106 Å². The molecule has 0 amide bonds. The van der Waals surface area contributed by atoms with E-state index in [9.17, 15) is 0 Å². The van der Waals surface area contributed by atoms with Crippen molar-refractivity contribution in [1.29, 1.82) is 0 Å². The standard InChI is InChI=1S/2C13H21.2CH3.2ClH.H2Si.Ti/c2*1-4-5-6-12-7-8-13(10-12)9-11(2)3;;;;;;/h2*10-11H,4-6,8-9H2,1-3H3;2*1H3;2*1H;1H2;/q4*-1;;;;. The Morgan fingerprint density at radius 1 is 0.750 bits per heavy atom. The number of allylic oxidation sites excluding steroid dienone is 8. The molecule has 0 heterocycles. The summed E-state index contributed by atoms with van der Waals surface area (Å²) in [5, 5.41) is 0. The van der Waals surface area contributed by atoms with Crippen LogP contribution in [-0.4, -0.2) is 7.63 Å². The Morgan fingerprint density at radius 3 is 1.31 bits per heavy atom. The second-order valence-electron chi connectivity index (χ2n) is 8.77. The Balaban J connectivity index is -0.000000126. The first kappa shape index (κ1) is 42.6.